The van der Waals surface area contributed by atoms with E-state index in [1.165, 1.54) is 4.52 Å². The van der Waals surface area contributed by atoms with Crippen LogP contribution >= 0.6 is 11.6 Å². The van der Waals surface area contributed by atoms with Gasteiger partial charge in [-0.05, 0) is 19.1 Å². The van der Waals surface area contributed by atoms with E-state index in [4.69, 9.17) is 16.0 Å². The number of oxazole rings is 1. The molecule has 0 aliphatic carbocycles. The van der Waals surface area contributed by atoms with Gasteiger partial charge in [0.15, 0.2) is 17.9 Å². The van der Waals surface area contributed by atoms with Crippen LogP contribution in [0.5, 0.6) is 0 Å². The van der Waals surface area contributed by atoms with E-state index < -0.39 is 0 Å². The number of rotatable bonds is 2. The number of halogens is 1. The number of hydrogen-bond donors (Lipinski definition) is 0. The third-order valence-corrected chi connectivity index (χ3v) is 3.00. The van der Waals surface area contributed by atoms with E-state index in [0.29, 0.717) is 22.8 Å². The molecule has 2 heterocycles. The van der Waals surface area contributed by atoms with Crippen molar-refractivity contribution in [3.63, 3.8) is 0 Å². The van der Waals surface area contributed by atoms with Crippen molar-refractivity contribution in [1.82, 2.24) is 14.6 Å². The molecule has 2 aromatic heterocycles. The zero-order valence-electron chi connectivity index (χ0n) is 9.42. The van der Waals surface area contributed by atoms with E-state index in [0.717, 1.165) is 5.56 Å². The lowest BCUT2D eigenvalue weighted by Gasteiger charge is -1.97. The molecule has 0 spiro atoms. The van der Waals surface area contributed by atoms with Gasteiger partial charge in [-0.2, -0.15) is 9.50 Å². The fraction of sp³-hybridized carbons (Fsp3) is 0.0833. The van der Waals surface area contributed by atoms with Crippen LogP contribution in [-0.2, 0) is 0 Å². The summed E-state index contributed by atoms with van der Waals surface area (Å²) in [6.45, 7) is 1.74. The zero-order chi connectivity index (χ0) is 12.7. The Balaban J connectivity index is 2.21. The highest BCUT2D eigenvalue weighted by atomic mass is 35.5. The highest BCUT2D eigenvalue weighted by molar-refractivity contribution is 6.33. The summed E-state index contributed by atoms with van der Waals surface area (Å²) in [6, 6.07) is 7.28. The topological polar surface area (TPSA) is 60.4 Å². The van der Waals surface area contributed by atoms with E-state index in [1.807, 2.05) is 18.2 Å². The first-order valence-electron chi connectivity index (χ1n) is 5.27. The zero-order valence-corrected chi connectivity index (χ0v) is 10.2. The van der Waals surface area contributed by atoms with Gasteiger partial charge in [-0.15, -0.1) is 5.10 Å². The predicted molar refractivity (Wildman–Crippen MR) is 65.8 cm³/mol. The van der Waals surface area contributed by atoms with Crippen LogP contribution in [0.15, 0.2) is 28.7 Å². The molecule has 0 N–H and O–H groups in total. The number of hydrogen-bond acceptors (Lipinski definition) is 4. The number of aryl methyl sites for hydroxylation is 1. The first-order valence-corrected chi connectivity index (χ1v) is 5.64. The fourth-order valence-electron chi connectivity index (χ4n) is 1.72. The Labute approximate surface area is 107 Å². The van der Waals surface area contributed by atoms with Crippen LogP contribution in [0.1, 0.15) is 16.2 Å². The number of fused-ring (bicyclic) bond motifs is 1. The first kappa shape index (κ1) is 11.0. The SMILES string of the molecule is Cc1c(C=O)oc2nc(-c3ccccc3Cl)nn12. The molecule has 0 unspecified atom stereocenters. The lowest BCUT2D eigenvalue weighted by Crippen LogP contribution is -1.90. The third kappa shape index (κ3) is 1.52. The Kier molecular flexibility index (Phi) is 2.41. The average Bonchev–Trinajstić information content (AvgIpc) is 2.90. The van der Waals surface area contributed by atoms with Crippen molar-refractivity contribution < 1.29 is 9.21 Å². The quantitative estimate of drug-likeness (QED) is 0.666. The molecule has 18 heavy (non-hydrogen) atoms. The van der Waals surface area contributed by atoms with E-state index in [9.17, 15) is 4.79 Å². The molecular formula is C12H8ClN3O2. The van der Waals surface area contributed by atoms with Crippen LogP contribution in [-0.4, -0.2) is 20.9 Å². The lowest BCUT2D eigenvalue weighted by molar-refractivity contribution is 0.110. The molecule has 0 amide bonds. The monoisotopic (exact) mass is 261 g/mol. The van der Waals surface area contributed by atoms with Gasteiger partial charge < -0.3 is 4.42 Å². The maximum Gasteiger partial charge on any atom is 0.325 e. The average molecular weight is 262 g/mol. The van der Waals surface area contributed by atoms with Gasteiger partial charge in [-0.3, -0.25) is 4.79 Å². The maximum absolute atomic E-state index is 10.7. The number of aldehydes is 1. The minimum absolute atomic E-state index is 0.232. The van der Waals surface area contributed by atoms with Crippen molar-refractivity contribution in [3.05, 3.63) is 40.7 Å². The second kappa shape index (κ2) is 3.96. The van der Waals surface area contributed by atoms with E-state index >= 15 is 0 Å². The Morgan fingerprint density at radius 2 is 2.17 bits per heavy atom. The summed E-state index contributed by atoms with van der Waals surface area (Å²) < 4.78 is 6.76. The normalized spacial score (nSPS) is 11.0. The maximum atomic E-state index is 10.7. The molecule has 5 nitrogen and oxygen atoms in total. The van der Waals surface area contributed by atoms with Gasteiger partial charge >= 0.3 is 5.84 Å². The Morgan fingerprint density at radius 1 is 1.39 bits per heavy atom. The van der Waals surface area contributed by atoms with Crippen molar-refractivity contribution in [2.75, 3.05) is 0 Å². The van der Waals surface area contributed by atoms with Gasteiger partial charge in [-0.25, -0.2) is 0 Å². The van der Waals surface area contributed by atoms with Crippen molar-refractivity contribution in [2.24, 2.45) is 0 Å². The van der Waals surface area contributed by atoms with Crippen molar-refractivity contribution in [2.45, 2.75) is 6.92 Å². The first-order chi connectivity index (χ1) is 8.70. The fourth-order valence-corrected chi connectivity index (χ4v) is 1.95. The molecule has 0 fully saturated rings. The summed E-state index contributed by atoms with van der Waals surface area (Å²) in [5.41, 5.74) is 1.34. The molecule has 3 aromatic rings. The van der Waals surface area contributed by atoms with Crippen LogP contribution in [0.25, 0.3) is 17.2 Å². The predicted octanol–water partition coefficient (Wildman–Crippen LogP) is 2.76. The van der Waals surface area contributed by atoms with Gasteiger partial charge in [0.1, 0.15) is 0 Å². The molecule has 3 rings (SSSR count). The highest BCUT2D eigenvalue weighted by Crippen LogP contribution is 2.26. The van der Waals surface area contributed by atoms with E-state index in [1.54, 1.807) is 13.0 Å². The molecule has 0 aliphatic rings. The smallest absolute Gasteiger partial charge is 0.325 e. The summed E-state index contributed by atoms with van der Waals surface area (Å²) in [5, 5.41) is 4.85. The second-order valence-electron chi connectivity index (χ2n) is 3.78. The number of aromatic nitrogens is 3. The van der Waals surface area contributed by atoms with Gasteiger partial charge in [0, 0.05) is 5.56 Å². The van der Waals surface area contributed by atoms with Crippen molar-refractivity contribution in [1.29, 1.82) is 0 Å². The second-order valence-corrected chi connectivity index (χ2v) is 4.19. The van der Waals surface area contributed by atoms with Crippen LogP contribution < -0.4 is 0 Å². The van der Waals surface area contributed by atoms with Gasteiger partial charge in [0.2, 0.25) is 0 Å². The van der Waals surface area contributed by atoms with Crippen LogP contribution in [0.3, 0.4) is 0 Å². The number of carbonyl (C=O) groups is 1. The molecule has 0 saturated heterocycles. The molecule has 1 aromatic carbocycles. The van der Waals surface area contributed by atoms with Crippen LogP contribution in [0, 0.1) is 6.92 Å². The summed E-state index contributed by atoms with van der Waals surface area (Å²) in [6.07, 6.45) is 0.640. The lowest BCUT2D eigenvalue weighted by atomic mass is 10.2. The molecule has 90 valence electrons. The molecule has 0 bridgehead atoms. The number of carbonyl (C=O) groups excluding carboxylic acids is 1. The molecule has 0 aliphatic heterocycles. The van der Waals surface area contributed by atoms with Gasteiger partial charge in [0.05, 0.1) is 10.7 Å². The molecule has 0 atom stereocenters. The Morgan fingerprint density at radius 3 is 2.83 bits per heavy atom. The van der Waals surface area contributed by atoms with Gasteiger partial charge in [-0.1, -0.05) is 23.7 Å². The summed E-state index contributed by atoms with van der Waals surface area (Å²) in [7, 11) is 0. The largest absolute Gasteiger partial charge is 0.419 e. The highest BCUT2D eigenvalue weighted by Gasteiger charge is 2.16. The molecular weight excluding hydrogens is 254 g/mol. The third-order valence-electron chi connectivity index (χ3n) is 2.67. The van der Waals surface area contributed by atoms with Crippen molar-refractivity contribution >= 4 is 23.7 Å². The molecule has 0 saturated carbocycles. The summed E-state index contributed by atoms with van der Waals surface area (Å²) >= 11 is 6.08. The molecule has 0 radical (unpaired) electrons. The summed E-state index contributed by atoms with van der Waals surface area (Å²) in [5.74, 6) is 0.986. The number of nitrogens with zero attached hydrogens (tertiary/aromatic N) is 3. The van der Waals surface area contributed by atoms with E-state index in [2.05, 4.69) is 10.1 Å². The van der Waals surface area contributed by atoms with Crippen LogP contribution in [0.2, 0.25) is 5.02 Å². The Bertz CT molecular complexity index is 745. The summed E-state index contributed by atoms with van der Waals surface area (Å²) in [4.78, 5) is 14.9. The number of benzene rings is 1. The Hall–Kier alpha value is -2.14. The minimum atomic E-state index is 0.232. The van der Waals surface area contributed by atoms with Gasteiger partial charge in [0.25, 0.3) is 0 Å². The van der Waals surface area contributed by atoms with Crippen LogP contribution in [0.4, 0.5) is 0 Å². The molecule has 6 heteroatoms. The van der Waals surface area contributed by atoms with E-state index in [-0.39, 0.29) is 11.6 Å². The minimum Gasteiger partial charge on any atom is -0.419 e. The van der Waals surface area contributed by atoms with Crippen molar-refractivity contribution in [3.8, 4) is 11.4 Å². The standard InChI is InChI=1S/C12H8ClN3O2/c1-7-10(6-17)18-12-14-11(15-16(7)12)8-4-2-3-5-9(8)13/h2-6H,1H3.